The summed E-state index contributed by atoms with van der Waals surface area (Å²) in [7, 11) is 4.99. The van der Waals surface area contributed by atoms with E-state index in [-0.39, 0.29) is 23.7 Å². The van der Waals surface area contributed by atoms with Crippen molar-refractivity contribution in [2.75, 3.05) is 20.8 Å². The molecule has 1 saturated heterocycles. The van der Waals surface area contributed by atoms with Crippen LogP contribution in [0.2, 0.25) is 0 Å². The summed E-state index contributed by atoms with van der Waals surface area (Å²) >= 11 is 0. The maximum absolute atomic E-state index is 13.8. The highest BCUT2D eigenvalue weighted by molar-refractivity contribution is 6.00. The van der Waals surface area contributed by atoms with E-state index < -0.39 is 5.97 Å². The Morgan fingerprint density at radius 2 is 1.73 bits per heavy atom. The molecule has 11 heteroatoms. The van der Waals surface area contributed by atoms with Gasteiger partial charge in [-0.2, -0.15) is 0 Å². The third-order valence-corrected chi connectivity index (χ3v) is 10.8. The third-order valence-electron chi connectivity index (χ3n) is 10.8. The number of hydrogen-bond donors (Lipinski definition) is 1. The smallest absolute Gasteiger partial charge is 0.356 e. The van der Waals surface area contributed by atoms with E-state index in [0.29, 0.717) is 40.7 Å². The molecule has 0 spiro atoms. The van der Waals surface area contributed by atoms with Gasteiger partial charge in [-0.25, -0.2) is 19.7 Å². The highest BCUT2D eigenvalue weighted by atomic mass is 16.5. The van der Waals surface area contributed by atoms with Crippen molar-refractivity contribution in [2.24, 2.45) is 24.6 Å². The molecule has 49 heavy (non-hydrogen) atoms. The SMILES string of the molecule is COC(=O)c1ccc2cc(-c3ccc4cc(-c5nc6cc(C(=O)N7CC8CCC7[C@@H]8N)cc(OC)c6n5C)n(CC5CC5)c4n3)ccc2n1. The number of ether oxygens (including phenoxy) is 2. The number of nitrogens with zero attached hydrogens (tertiary/aromatic N) is 6. The molecule has 2 aliphatic carbocycles. The molecule has 2 bridgehead atoms. The number of esters is 1. The van der Waals surface area contributed by atoms with Crippen LogP contribution < -0.4 is 10.5 Å². The fourth-order valence-corrected chi connectivity index (χ4v) is 7.99. The lowest BCUT2D eigenvalue weighted by atomic mass is 10.1. The Balaban J connectivity index is 1.12. The van der Waals surface area contributed by atoms with Gasteiger partial charge in [0, 0.05) is 54.1 Å². The minimum Gasteiger partial charge on any atom is -0.494 e. The molecule has 1 aliphatic heterocycles. The normalized spacial score (nSPS) is 20.2. The number of nitrogens with two attached hydrogens (primary N) is 1. The van der Waals surface area contributed by atoms with E-state index >= 15 is 0 Å². The maximum atomic E-state index is 13.8. The van der Waals surface area contributed by atoms with E-state index in [2.05, 4.69) is 26.3 Å². The summed E-state index contributed by atoms with van der Waals surface area (Å²) in [6.45, 7) is 1.55. The average molecular weight is 656 g/mol. The van der Waals surface area contributed by atoms with Gasteiger partial charge < -0.3 is 29.2 Å². The van der Waals surface area contributed by atoms with E-state index in [9.17, 15) is 9.59 Å². The number of carbonyl (C=O) groups is 2. The number of rotatable bonds is 7. The molecule has 3 fully saturated rings. The van der Waals surface area contributed by atoms with Crippen LogP contribution in [0.15, 0.2) is 60.7 Å². The van der Waals surface area contributed by atoms with Crippen LogP contribution in [-0.2, 0) is 18.3 Å². The second-order valence-corrected chi connectivity index (χ2v) is 13.8. The quantitative estimate of drug-likeness (QED) is 0.221. The second kappa shape index (κ2) is 11.1. The summed E-state index contributed by atoms with van der Waals surface area (Å²) in [4.78, 5) is 42.5. The molecule has 1 amide bonds. The lowest BCUT2D eigenvalue weighted by Gasteiger charge is -2.27. The van der Waals surface area contributed by atoms with Gasteiger partial charge in [-0.3, -0.25) is 4.79 Å². The summed E-state index contributed by atoms with van der Waals surface area (Å²) in [5.74, 6) is 1.90. The molecule has 3 aliphatic rings. The van der Waals surface area contributed by atoms with Crippen LogP contribution in [0, 0.1) is 11.8 Å². The summed E-state index contributed by atoms with van der Waals surface area (Å²) in [5.41, 5.74) is 13.2. The van der Waals surface area contributed by atoms with E-state index in [4.69, 9.17) is 25.2 Å². The number of hydrogen-bond acceptors (Lipinski definition) is 8. The Morgan fingerprint density at radius 3 is 2.47 bits per heavy atom. The summed E-state index contributed by atoms with van der Waals surface area (Å²) in [6.07, 6.45) is 4.43. The summed E-state index contributed by atoms with van der Waals surface area (Å²) in [5, 5.41) is 1.94. The van der Waals surface area contributed by atoms with Crippen molar-refractivity contribution in [1.29, 1.82) is 0 Å². The van der Waals surface area contributed by atoms with Crippen LogP contribution in [0.3, 0.4) is 0 Å². The number of fused-ring (bicyclic) bond motifs is 5. The standard InChI is InChI=1S/C38H37N7O4/c1-43-34-29(15-25(17-32(34)48-2)37(46)45-19-24-9-13-30(45)33(24)39)42-36(43)31-16-23-8-11-27(41-35(23)44(31)18-20-4-5-20)22-6-10-26-21(14-22)7-12-28(40-26)38(47)49-3/h6-8,10-12,14-17,20,24,30,33H,4-5,9,13,18-19,39H2,1-3H3/t24?,30?,33-/m1/s1. The number of imidazole rings is 1. The largest absolute Gasteiger partial charge is 0.494 e. The van der Waals surface area contributed by atoms with Crippen molar-refractivity contribution < 1.29 is 19.1 Å². The molecule has 248 valence electrons. The second-order valence-electron chi connectivity index (χ2n) is 13.8. The molecule has 0 radical (unpaired) electrons. The van der Waals surface area contributed by atoms with Crippen LogP contribution in [-0.4, -0.2) is 73.7 Å². The van der Waals surface area contributed by atoms with Gasteiger partial charge in [-0.15, -0.1) is 0 Å². The van der Waals surface area contributed by atoms with E-state index in [1.54, 1.807) is 13.2 Å². The number of methoxy groups -OCH3 is 2. The predicted octanol–water partition coefficient (Wildman–Crippen LogP) is 5.57. The lowest BCUT2D eigenvalue weighted by molar-refractivity contribution is 0.0594. The summed E-state index contributed by atoms with van der Waals surface area (Å²) in [6, 6.07) is 19.7. The van der Waals surface area contributed by atoms with Gasteiger partial charge in [-0.1, -0.05) is 12.1 Å². The van der Waals surface area contributed by atoms with Crippen molar-refractivity contribution in [3.05, 3.63) is 71.9 Å². The zero-order chi connectivity index (χ0) is 33.6. The van der Waals surface area contributed by atoms with Crippen LogP contribution in [0.5, 0.6) is 5.75 Å². The predicted molar refractivity (Wildman–Crippen MR) is 186 cm³/mol. The van der Waals surface area contributed by atoms with Gasteiger partial charge in [0.15, 0.2) is 5.82 Å². The fourth-order valence-electron chi connectivity index (χ4n) is 7.99. The Hall–Kier alpha value is -5.29. The molecule has 6 aromatic rings. The number of amides is 1. The highest BCUT2D eigenvalue weighted by Gasteiger charge is 2.47. The van der Waals surface area contributed by atoms with Crippen molar-refractivity contribution in [3.63, 3.8) is 0 Å². The summed E-state index contributed by atoms with van der Waals surface area (Å²) < 4.78 is 15.1. The molecular weight excluding hydrogens is 618 g/mol. The lowest BCUT2D eigenvalue weighted by Crippen LogP contribution is -2.41. The first kappa shape index (κ1) is 29.8. The maximum Gasteiger partial charge on any atom is 0.356 e. The molecule has 3 atom stereocenters. The highest BCUT2D eigenvalue weighted by Crippen LogP contribution is 2.40. The number of piperidine rings is 1. The number of carbonyl (C=O) groups excluding carboxylic acids is 2. The van der Waals surface area contributed by atoms with Gasteiger partial charge in [-0.05, 0) is 86.1 Å². The molecule has 11 nitrogen and oxygen atoms in total. The van der Waals surface area contributed by atoms with Gasteiger partial charge in [0.2, 0.25) is 0 Å². The number of aromatic nitrogens is 5. The monoisotopic (exact) mass is 655 g/mol. The van der Waals surface area contributed by atoms with Crippen LogP contribution in [0.1, 0.15) is 46.5 Å². The zero-order valence-electron chi connectivity index (χ0n) is 27.7. The van der Waals surface area contributed by atoms with Crippen molar-refractivity contribution in [2.45, 2.75) is 44.3 Å². The Labute approximate surface area is 282 Å². The molecule has 9 rings (SSSR count). The fraction of sp³-hybridized carbons (Fsp3) is 0.342. The van der Waals surface area contributed by atoms with Gasteiger partial charge >= 0.3 is 5.97 Å². The van der Waals surface area contributed by atoms with Gasteiger partial charge in [0.25, 0.3) is 5.91 Å². The van der Waals surface area contributed by atoms with Gasteiger partial charge in [0.1, 0.15) is 22.6 Å². The Kier molecular flexibility index (Phi) is 6.77. The van der Waals surface area contributed by atoms with E-state index in [0.717, 1.165) is 64.1 Å². The van der Waals surface area contributed by atoms with Crippen molar-refractivity contribution in [1.82, 2.24) is 29.0 Å². The number of pyridine rings is 2. The minimum absolute atomic E-state index is 0.0111. The van der Waals surface area contributed by atoms with Crippen LogP contribution in [0.25, 0.3) is 55.7 Å². The Bertz CT molecular complexity index is 2340. The first-order chi connectivity index (χ1) is 23.8. The molecular formula is C38H37N7O4. The molecule has 2 N–H and O–H groups in total. The van der Waals surface area contributed by atoms with Crippen molar-refractivity contribution in [3.8, 4) is 28.5 Å². The zero-order valence-corrected chi connectivity index (χ0v) is 27.7. The minimum atomic E-state index is -0.461. The average Bonchev–Trinajstić information content (AvgIpc) is 3.53. The molecule has 4 aromatic heterocycles. The van der Waals surface area contributed by atoms with Crippen LogP contribution >= 0.6 is 0 Å². The first-order valence-corrected chi connectivity index (χ1v) is 16.9. The third kappa shape index (κ3) is 4.78. The number of benzene rings is 2. The Morgan fingerprint density at radius 1 is 0.898 bits per heavy atom. The topological polar surface area (TPSA) is 130 Å². The number of likely N-dealkylation sites (tertiary alicyclic amines) is 1. The number of aryl methyl sites for hydroxylation is 1. The molecule has 2 saturated carbocycles. The molecule has 2 unspecified atom stereocenters. The molecule has 2 aromatic carbocycles. The first-order valence-electron chi connectivity index (χ1n) is 16.9. The van der Waals surface area contributed by atoms with E-state index in [1.807, 2.05) is 54.4 Å². The van der Waals surface area contributed by atoms with Crippen molar-refractivity contribution >= 4 is 44.8 Å². The molecule has 5 heterocycles. The van der Waals surface area contributed by atoms with Crippen LogP contribution in [0.4, 0.5) is 0 Å². The van der Waals surface area contributed by atoms with E-state index in [1.165, 1.54) is 20.0 Å². The van der Waals surface area contributed by atoms with Gasteiger partial charge in [0.05, 0.1) is 36.6 Å².